The normalized spacial score (nSPS) is 11.7. The van der Waals surface area contributed by atoms with E-state index in [4.69, 9.17) is 4.74 Å². The van der Waals surface area contributed by atoms with Crippen molar-refractivity contribution in [3.63, 3.8) is 0 Å². The molecule has 1 unspecified atom stereocenters. The molecule has 0 aliphatic rings. The van der Waals surface area contributed by atoms with Crippen molar-refractivity contribution in [1.82, 2.24) is 5.32 Å². The largest absolute Gasteiger partial charge is 0.481 e. The average Bonchev–Trinajstić information content (AvgIpc) is 2.49. The summed E-state index contributed by atoms with van der Waals surface area (Å²) in [6.45, 7) is 2.37. The molecule has 0 saturated carbocycles. The summed E-state index contributed by atoms with van der Waals surface area (Å²) in [7, 11) is 0. The van der Waals surface area contributed by atoms with E-state index in [1.54, 1.807) is 6.92 Å². The summed E-state index contributed by atoms with van der Waals surface area (Å²) < 4.78 is 5.57. The van der Waals surface area contributed by atoms with Gasteiger partial charge in [0.05, 0.1) is 0 Å². The fourth-order valence-corrected chi connectivity index (χ4v) is 1.88. The molecule has 104 valence electrons. The maximum Gasteiger partial charge on any atom is 0.260 e. The van der Waals surface area contributed by atoms with Gasteiger partial charge in [0.25, 0.3) is 5.91 Å². The zero-order valence-corrected chi connectivity index (χ0v) is 11.6. The first-order chi connectivity index (χ1) is 9.75. The van der Waals surface area contributed by atoms with E-state index in [9.17, 15) is 4.79 Å². The molecular formula is C17H19NO2. The Morgan fingerprint density at radius 3 is 2.30 bits per heavy atom. The van der Waals surface area contributed by atoms with Gasteiger partial charge in [-0.25, -0.2) is 0 Å². The van der Waals surface area contributed by atoms with E-state index < -0.39 is 6.10 Å². The van der Waals surface area contributed by atoms with Crippen molar-refractivity contribution >= 4 is 5.91 Å². The van der Waals surface area contributed by atoms with Gasteiger partial charge in [0.15, 0.2) is 6.10 Å². The molecule has 2 rings (SSSR count). The summed E-state index contributed by atoms with van der Waals surface area (Å²) in [4.78, 5) is 11.9. The van der Waals surface area contributed by atoms with Crippen LogP contribution in [0.25, 0.3) is 0 Å². The molecule has 1 atom stereocenters. The van der Waals surface area contributed by atoms with Gasteiger partial charge in [-0.2, -0.15) is 0 Å². The van der Waals surface area contributed by atoms with Gasteiger partial charge in [0, 0.05) is 6.54 Å². The van der Waals surface area contributed by atoms with E-state index in [1.807, 2.05) is 48.5 Å². The SMILES string of the molecule is CC(Oc1ccccc1)C(=O)NCCc1ccccc1. The van der Waals surface area contributed by atoms with Crippen molar-refractivity contribution in [2.45, 2.75) is 19.4 Å². The molecule has 3 heteroatoms. The van der Waals surface area contributed by atoms with Gasteiger partial charge < -0.3 is 10.1 Å². The van der Waals surface area contributed by atoms with Crippen LogP contribution in [0.2, 0.25) is 0 Å². The minimum absolute atomic E-state index is 0.0928. The number of rotatable bonds is 6. The highest BCUT2D eigenvalue weighted by molar-refractivity contribution is 5.80. The number of carbonyl (C=O) groups is 1. The highest BCUT2D eigenvalue weighted by atomic mass is 16.5. The lowest BCUT2D eigenvalue weighted by molar-refractivity contribution is -0.127. The van der Waals surface area contributed by atoms with Crippen molar-refractivity contribution in [1.29, 1.82) is 0 Å². The zero-order chi connectivity index (χ0) is 14.2. The predicted molar refractivity (Wildman–Crippen MR) is 79.7 cm³/mol. The Balaban J connectivity index is 1.74. The number of carbonyl (C=O) groups excluding carboxylic acids is 1. The van der Waals surface area contributed by atoms with Crippen LogP contribution in [0, 0.1) is 0 Å². The third-order valence-electron chi connectivity index (χ3n) is 2.98. The molecule has 1 amide bonds. The minimum Gasteiger partial charge on any atom is -0.481 e. The maximum atomic E-state index is 11.9. The van der Waals surface area contributed by atoms with Gasteiger partial charge in [-0.3, -0.25) is 4.79 Å². The molecule has 0 heterocycles. The molecule has 0 saturated heterocycles. The van der Waals surface area contributed by atoms with E-state index in [0.717, 1.165) is 6.42 Å². The summed E-state index contributed by atoms with van der Waals surface area (Å²) in [5.41, 5.74) is 1.21. The molecular weight excluding hydrogens is 250 g/mol. The van der Waals surface area contributed by atoms with Crippen LogP contribution < -0.4 is 10.1 Å². The molecule has 2 aromatic rings. The highest BCUT2D eigenvalue weighted by Crippen LogP contribution is 2.10. The predicted octanol–water partition coefficient (Wildman–Crippen LogP) is 2.81. The minimum atomic E-state index is -0.492. The van der Waals surface area contributed by atoms with Gasteiger partial charge in [0.1, 0.15) is 5.75 Å². The Bertz CT molecular complexity index is 525. The summed E-state index contributed by atoms with van der Waals surface area (Å²) in [6.07, 6.45) is 0.332. The average molecular weight is 269 g/mol. The quantitative estimate of drug-likeness (QED) is 0.875. The third-order valence-corrected chi connectivity index (χ3v) is 2.98. The number of hydrogen-bond acceptors (Lipinski definition) is 2. The summed E-state index contributed by atoms with van der Waals surface area (Å²) in [5.74, 6) is 0.614. The molecule has 1 N–H and O–H groups in total. The van der Waals surface area contributed by atoms with E-state index >= 15 is 0 Å². The van der Waals surface area contributed by atoms with Crippen LogP contribution >= 0.6 is 0 Å². The first-order valence-corrected chi connectivity index (χ1v) is 6.79. The highest BCUT2D eigenvalue weighted by Gasteiger charge is 2.13. The fraction of sp³-hybridized carbons (Fsp3) is 0.235. The number of ether oxygens (including phenoxy) is 1. The summed E-state index contributed by atoms with van der Waals surface area (Å²) >= 11 is 0. The molecule has 3 nitrogen and oxygen atoms in total. The van der Waals surface area contributed by atoms with Crippen LogP contribution in [0.3, 0.4) is 0 Å². The van der Waals surface area contributed by atoms with Crippen LogP contribution in [0.1, 0.15) is 12.5 Å². The van der Waals surface area contributed by atoms with Crippen LogP contribution in [-0.2, 0) is 11.2 Å². The number of para-hydroxylation sites is 1. The van der Waals surface area contributed by atoms with Crippen molar-refractivity contribution in [2.75, 3.05) is 6.54 Å². The molecule has 0 spiro atoms. The zero-order valence-electron chi connectivity index (χ0n) is 11.6. The van der Waals surface area contributed by atoms with Crippen LogP contribution in [-0.4, -0.2) is 18.6 Å². The van der Waals surface area contributed by atoms with Crippen LogP contribution in [0.5, 0.6) is 5.75 Å². The van der Waals surface area contributed by atoms with Crippen molar-refractivity contribution in [3.05, 3.63) is 66.2 Å². The smallest absolute Gasteiger partial charge is 0.260 e. The second-order valence-electron chi connectivity index (χ2n) is 4.60. The third kappa shape index (κ3) is 4.43. The standard InChI is InChI=1S/C17H19NO2/c1-14(20-16-10-6-3-7-11-16)17(19)18-13-12-15-8-4-2-5-9-15/h2-11,14H,12-13H2,1H3,(H,18,19). The summed E-state index contributed by atoms with van der Waals surface area (Å²) in [5, 5.41) is 2.89. The monoisotopic (exact) mass is 269 g/mol. The van der Waals surface area contributed by atoms with Crippen LogP contribution in [0.4, 0.5) is 0 Å². The molecule has 0 bridgehead atoms. The molecule has 0 aromatic heterocycles. The first-order valence-electron chi connectivity index (χ1n) is 6.79. The number of amides is 1. The maximum absolute atomic E-state index is 11.9. The van der Waals surface area contributed by atoms with E-state index in [0.29, 0.717) is 12.3 Å². The first kappa shape index (κ1) is 14.1. The lowest BCUT2D eigenvalue weighted by atomic mass is 10.1. The van der Waals surface area contributed by atoms with Crippen molar-refractivity contribution < 1.29 is 9.53 Å². The van der Waals surface area contributed by atoms with Crippen LogP contribution in [0.15, 0.2) is 60.7 Å². The summed E-state index contributed by atoms with van der Waals surface area (Å²) in [6, 6.07) is 19.4. The molecule has 0 fully saturated rings. The molecule has 2 aromatic carbocycles. The van der Waals surface area contributed by atoms with E-state index in [-0.39, 0.29) is 5.91 Å². The Morgan fingerprint density at radius 2 is 1.65 bits per heavy atom. The lowest BCUT2D eigenvalue weighted by Gasteiger charge is -2.14. The van der Waals surface area contributed by atoms with Gasteiger partial charge in [-0.05, 0) is 31.0 Å². The lowest BCUT2D eigenvalue weighted by Crippen LogP contribution is -2.37. The van der Waals surface area contributed by atoms with Gasteiger partial charge in [-0.1, -0.05) is 48.5 Å². The van der Waals surface area contributed by atoms with E-state index in [2.05, 4.69) is 17.4 Å². The topological polar surface area (TPSA) is 38.3 Å². The van der Waals surface area contributed by atoms with Gasteiger partial charge in [-0.15, -0.1) is 0 Å². The van der Waals surface area contributed by atoms with Crippen molar-refractivity contribution in [3.8, 4) is 5.75 Å². The Morgan fingerprint density at radius 1 is 1.05 bits per heavy atom. The molecule has 0 radical (unpaired) electrons. The number of hydrogen-bond donors (Lipinski definition) is 1. The number of benzene rings is 2. The van der Waals surface area contributed by atoms with Gasteiger partial charge in [0.2, 0.25) is 0 Å². The second-order valence-corrected chi connectivity index (χ2v) is 4.60. The second kappa shape index (κ2) is 7.34. The van der Waals surface area contributed by atoms with Crippen molar-refractivity contribution in [2.24, 2.45) is 0 Å². The molecule has 20 heavy (non-hydrogen) atoms. The Labute approximate surface area is 119 Å². The Kier molecular flexibility index (Phi) is 5.18. The van der Waals surface area contributed by atoms with E-state index in [1.165, 1.54) is 5.56 Å². The number of nitrogens with one attached hydrogen (secondary N) is 1. The Hall–Kier alpha value is -2.29. The molecule has 0 aliphatic carbocycles. The van der Waals surface area contributed by atoms with Gasteiger partial charge >= 0.3 is 0 Å². The fourth-order valence-electron chi connectivity index (χ4n) is 1.88. The molecule has 0 aliphatic heterocycles.